The summed E-state index contributed by atoms with van der Waals surface area (Å²) in [6.07, 6.45) is 1.61. The molecule has 1 aliphatic heterocycles. The molecule has 40 heavy (non-hydrogen) atoms. The van der Waals surface area contributed by atoms with E-state index in [4.69, 9.17) is 27.6 Å². The van der Waals surface area contributed by atoms with Crippen molar-refractivity contribution in [3.63, 3.8) is 0 Å². The lowest BCUT2D eigenvalue weighted by atomic mass is 10.2. The molecule has 12 heteroatoms. The van der Waals surface area contributed by atoms with E-state index in [9.17, 15) is 4.79 Å². The first-order valence-electron chi connectivity index (χ1n) is 12.6. The summed E-state index contributed by atoms with van der Waals surface area (Å²) in [7, 11) is 0. The highest BCUT2D eigenvalue weighted by Gasteiger charge is 2.25. The van der Waals surface area contributed by atoms with Gasteiger partial charge in [0, 0.05) is 47.3 Å². The lowest BCUT2D eigenvalue weighted by Gasteiger charge is -2.35. The summed E-state index contributed by atoms with van der Waals surface area (Å²) in [6, 6.07) is 17.2. The zero-order valence-electron chi connectivity index (χ0n) is 21.5. The Balaban J connectivity index is 1.15. The summed E-state index contributed by atoms with van der Waals surface area (Å²) in [5.41, 5.74) is 3.44. The summed E-state index contributed by atoms with van der Waals surface area (Å²) >= 11 is 15.5. The minimum absolute atomic E-state index is 0.0453. The van der Waals surface area contributed by atoms with Gasteiger partial charge in [0.15, 0.2) is 10.9 Å². The number of piperazine rings is 1. The van der Waals surface area contributed by atoms with Crippen LogP contribution in [0.25, 0.3) is 17.3 Å². The summed E-state index contributed by atoms with van der Waals surface area (Å²) in [4.78, 5) is 22.0. The molecule has 0 N–H and O–H groups in total. The van der Waals surface area contributed by atoms with Crippen LogP contribution < -0.4 is 4.90 Å². The molecule has 4 heterocycles. The topological polar surface area (TPSA) is 80.3 Å². The summed E-state index contributed by atoms with van der Waals surface area (Å²) in [5, 5.41) is 13.5. The highest BCUT2D eigenvalue weighted by Crippen LogP contribution is 2.33. The maximum absolute atomic E-state index is 13.2. The van der Waals surface area contributed by atoms with Crippen LogP contribution in [-0.4, -0.2) is 56.7 Å². The zero-order valence-corrected chi connectivity index (χ0v) is 24.6. The van der Waals surface area contributed by atoms with Crippen molar-refractivity contribution in [2.45, 2.75) is 17.8 Å². The van der Waals surface area contributed by atoms with E-state index in [1.165, 1.54) is 23.1 Å². The van der Waals surface area contributed by atoms with Gasteiger partial charge in [0.2, 0.25) is 5.82 Å². The van der Waals surface area contributed by atoms with Crippen molar-refractivity contribution < 1.29 is 9.21 Å². The standard InChI is InChI=1S/C28H24Cl2N6O2S2/c1-18-7-8-20(30)15-23(18)36-26(24-6-3-13-38-24)32-33-28(36)40-17-25-31-22(16-39-25)27(37)35-11-9-34(10-12-35)21-5-2-4-19(29)14-21/h2-8,13-16H,9-12,17H2,1H3. The van der Waals surface area contributed by atoms with Crippen molar-refractivity contribution in [1.29, 1.82) is 0 Å². The van der Waals surface area contributed by atoms with Crippen LogP contribution in [0.3, 0.4) is 0 Å². The first kappa shape index (κ1) is 26.9. The van der Waals surface area contributed by atoms with Gasteiger partial charge in [-0.1, -0.05) is 47.1 Å². The van der Waals surface area contributed by atoms with Crippen LogP contribution in [0.5, 0.6) is 0 Å². The Bertz CT molecular complexity index is 1640. The lowest BCUT2D eigenvalue weighted by molar-refractivity contribution is 0.0741. The molecule has 5 aromatic rings. The van der Waals surface area contributed by atoms with E-state index in [0.717, 1.165) is 35.0 Å². The number of thioether (sulfide) groups is 1. The SMILES string of the molecule is Cc1ccc(Cl)cc1-n1c(SCc2nc(C(=O)N3CCN(c4cccc(Cl)c4)CC3)cs2)nnc1-c1ccco1. The number of hydrogen-bond donors (Lipinski definition) is 0. The molecule has 8 nitrogen and oxygen atoms in total. The van der Waals surface area contributed by atoms with Gasteiger partial charge in [-0.25, -0.2) is 4.98 Å². The molecule has 3 aromatic heterocycles. The molecule has 0 bridgehead atoms. The third kappa shape index (κ3) is 5.62. The highest BCUT2D eigenvalue weighted by molar-refractivity contribution is 7.98. The zero-order chi connectivity index (χ0) is 27.6. The Hall–Kier alpha value is -3.31. The van der Waals surface area contributed by atoms with Gasteiger partial charge < -0.3 is 14.2 Å². The molecule has 204 valence electrons. The number of rotatable bonds is 7. The summed E-state index contributed by atoms with van der Waals surface area (Å²) in [5.74, 6) is 1.69. The number of carbonyl (C=O) groups is 1. The number of anilines is 1. The van der Waals surface area contributed by atoms with E-state index in [1.807, 2.05) is 76.4 Å². The van der Waals surface area contributed by atoms with Crippen molar-refractivity contribution in [3.05, 3.63) is 92.6 Å². The second kappa shape index (κ2) is 11.7. The van der Waals surface area contributed by atoms with Gasteiger partial charge in [-0.2, -0.15) is 0 Å². The maximum atomic E-state index is 13.2. The highest BCUT2D eigenvalue weighted by atomic mass is 35.5. The van der Waals surface area contributed by atoms with E-state index in [1.54, 1.807) is 6.26 Å². The van der Waals surface area contributed by atoms with Gasteiger partial charge in [0.05, 0.1) is 17.7 Å². The van der Waals surface area contributed by atoms with Crippen molar-refractivity contribution >= 4 is 57.9 Å². The van der Waals surface area contributed by atoms with Crippen LogP contribution in [0, 0.1) is 6.92 Å². The molecule has 1 saturated heterocycles. The number of amides is 1. The molecular weight excluding hydrogens is 587 g/mol. The van der Waals surface area contributed by atoms with E-state index in [2.05, 4.69) is 20.1 Å². The third-order valence-electron chi connectivity index (χ3n) is 6.62. The van der Waals surface area contributed by atoms with Gasteiger partial charge in [-0.3, -0.25) is 9.36 Å². The number of benzene rings is 2. The quantitative estimate of drug-likeness (QED) is 0.186. The molecule has 1 amide bonds. The van der Waals surface area contributed by atoms with E-state index >= 15 is 0 Å². The molecule has 0 saturated carbocycles. The minimum atomic E-state index is -0.0453. The molecule has 1 fully saturated rings. The second-order valence-corrected chi connectivity index (χ2v) is 12.0. The molecule has 0 unspecified atom stereocenters. The molecule has 2 aromatic carbocycles. The van der Waals surface area contributed by atoms with Gasteiger partial charge in [-0.05, 0) is 55.0 Å². The number of hydrogen-bond acceptors (Lipinski definition) is 8. The number of furan rings is 1. The Morgan fingerprint density at radius 3 is 2.62 bits per heavy atom. The predicted octanol–water partition coefficient (Wildman–Crippen LogP) is 6.85. The maximum Gasteiger partial charge on any atom is 0.273 e. The predicted molar refractivity (Wildman–Crippen MR) is 160 cm³/mol. The Kier molecular flexibility index (Phi) is 7.84. The van der Waals surface area contributed by atoms with Crippen molar-refractivity contribution in [2.24, 2.45) is 0 Å². The average Bonchev–Trinajstić information content (AvgIpc) is 3.74. The first-order chi connectivity index (χ1) is 19.5. The van der Waals surface area contributed by atoms with Gasteiger partial charge in [0.25, 0.3) is 5.91 Å². The van der Waals surface area contributed by atoms with Gasteiger partial charge >= 0.3 is 0 Å². The molecule has 0 aliphatic carbocycles. The number of thiazole rings is 1. The third-order valence-corrected chi connectivity index (χ3v) is 9.06. The second-order valence-electron chi connectivity index (χ2n) is 9.22. The van der Waals surface area contributed by atoms with Crippen LogP contribution in [0.1, 0.15) is 21.1 Å². The number of nitrogens with zero attached hydrogens (tertiary/aromatic N) is 6. The fourth-order valence-electron chi connectivity index (χ4n) is 4.57. The number of aromatic nitrogens is 4. The van der Waals surface area contributed by atoms with Gasteiger partial charge in [-0.15, -0.1) is 21.5 Å². The van der Waals surface area contributed by atoms with Crippen molar-refractivity contribution in [1.82, 2.24) is 24.6 Å². The van der Waals surface area contributed by atoms with Crippen LogP contribution in [-0.2, 0) is 5.75 Å². The van der Waals surface area contributed by atoms with Crippen LogP contribution >= 0.6 is 46.3 Å². The molecule has 0 spiro atoms. The number of aryl methyl sites for hydroxylation is 1. The largest absolute Gasteiger partial charge is 0.461 e. The lowest BCUT2D eigenvalue weighted by Crippen LogP contribution is -2.48. The average molecular weight is 612 g/mol. The number of carbonyl (C=O) groups excluding carboxylic acids is 1. The number of halogens is 2. The molecular formula is C28H24Cl2N6O2S2. The Morgan fingerprint density at radius 2 is 1.85 bits per heavy atom. The van der Waals surface area contributed by atoms with Crippen LogP contribution in [0.2, 0.25) is 10.0 Å². The van der Waals surface area contributed by atoms with Crippen molar-refractivity contribution in [3.8, 4) is 17.3 Å². The normalized spacial score (nSPS) is 13.7. The molecule has 0 radical (unpaired) electrons. The Morgan fingerprint density at radius 1 is 1.02 bits per heavy atom. The van der Waals surface area contributed by atoms with E-state index in [-0.39, 0.29) is 5.91 Å². The van der Waals surface area contributed by atoms with E-state index in [0.29, 0.717) is 51.3 Å². The van der Waals surface area contributed by atoms with E-state index < -0.39 is 0 Å². The summed E-state index contributed by atoms with van der Waals surface area (Å²) in [6.45, 7) is 4.76. The smallest absolute Gasteiger partial charge is 0.273 e. The molecule has 1 aliphatic rings. The van der Waals surface area contributed by atoms with Gasteiger partial charge in [0.1, 0.15) is 10.7 Å². The fourth-order valence-corrected chi connectivity index (χ4v) is 6.66. The van der Waals surface area contributed by atoms with Crippen LogP contribution in [0.15, 0.2) is 75.8 Å². The van der Waals surface area contributed by atoms with Crippen LogP contribution in [0.4, 0.5) is 5.69 Å². The fraction of sp³-hybridized carbons (Fsp3) is 0.214. The first-order valence-corrected chi connectivity index (χ1v) is 15.2. The Labute approximate surface area is 249 Å². The summed E-state index contributed by atoms with van der Waals surface area (Å²) < 4.78 is 7.57. The molecule has 0 atom stereocenters. The van der Waals surface area contributed by atoms with Crippen molar-refractivity contribution in [2.75, 3.05) is 31.1 Å². The minimum Gasteiger partial charge on any atom is -0.461 e. The monoisotopic (exact) mass is 610 g/mol. The molecule has 6 rings (SSSR count).